The van der Waals surface area contributed by atoms with Crippen LogP contribution in [0.1, 0.15) is 11.4 Å². The molecule has 9 heteroatoms. The van der Waals surface area contributed by atoms with Crippen molar-refractivity contribution < 1.29 is 13.9 Å². The van der Waals surface area contributed by atoms with Crippen molar-refractivity contribution in [2.45, 2.75) is 13.8 Å². The van der Waals surface area contributed by atoms with Crippen LogP contribution in [-0.4, -0.2) is 26.0 Å². The van der Waals surface area contributed by atoms with E-state index in [2.05, 4.69) is 25.9 Å². The third kappa shape index (κ3) is 5.02. The summed E-state index contributed by atoms with van der Waals surface area (Å²) in [6.07, 6.45) is 0. The van der Waals surface area contributed by atoms with Crippen LogP contribution >= 0.6 is 0 Å². The van der Waals surface area contributed by atoms with Crippen LogP contribution in [0.15, 0.2) is 66.7 Å². The quantitative estimate of drug-likeness (QED) is 0.483. The Labute approximate surface area is 177 Å². The molecule has 8 nitrogen and oxygen atoms in total. The van der Waals surface area contributed by atoms with Crippen LogP contribution in [0.25, 0.3) is 5.82 Å². The maximum absolute atomic E-state index is 12.9. The first-order valence-electron chi connectivity index (χ1n) is 9.45. The second-order valence-corrected chi connectivity index (χ2v) is 6.78. The molecule has 0 fully saturated rings. The third-order valence-electron chi connectivity index (χ3n) is 4.29. The van der Waals surface area contributed by atoms with Gasteiger partial charge >= 0.3 is 6.03 Å². The van der Waals surface area contributed by atoms with Gasteiger partial charge in [-0.15, -0.1) is 10.2 Å². The molecule has 0 saturated carbocycles. The summed E-state index contributed by atoms with van der Waals surface area (Å²) in [5.41, 5.74) is 2.92. The summed E-state index contributed by atoms with van der Waals surface area (Å²) in [5.74, 6) is 1.11. The molecule has 0 radical (unpaired) electrons. The minimum absolute atomic E-state index is 0.333. The number of hydrogen-bond donors (Lipinski definition) is 2. The smallest absolute Gasteiger partial charge is 0.323 e. The lowest BCUT2D eigenvalue weighted by Gasteiger charge is -2.09. The van der Waals surface area contributed by atoms with E-state index in [0.717, 1.165) is 11.4 Å². The van der Waals surface area contributed by atoms with Crippen LogP contribution in [0.2, 0.25) is 0 Å². The van der Waals surface area contributed by atoms with E-state index in [1.807, 2.05) is 19.9 Å². The molecule has 0 unspecified atom stereocenters. The standard InChI is InChI=1S/C22H19FN6O2/c1-14-13-15(2)29(28-14)20-11-12-21(27-26-20)31-19-9-7-18(8-10-19)25-22(30)24-17-5-3-16(23)4-6-17/h3-13H,1-2H3,(H2,24,25,30). The molecular weight excluding hydrogens is 399 g/mol. The summed E-state index contributed by atoms with van der Waals surface area (Å²) in [7, 11) is 0. The van der Waals surface area contributed by atoms with Gasteiger partial charge in [0.2, 0.25) is 5.88 Å². The third-order valence-corrected chi connectivity index (χ3v) is 4.29. The Kier molecular flexibility index (Phi) is 5.57. The summed E-state index contributed by atoms with van der Waals surface area (Å²) in [5, 5.41) is 17.9. The minimum Gasteiger partial charge on any atom is -0.438 e. The number of hydrogen-bond acceptors (Lipinski definition) is 5. The van der Waals surface area contributed by atoms with Crippen molar-refractivity contribution in [2.75, 3.05) is 10.6 Å². The summed E-state index contributed by atoms with van der Waals surface area (Å²) in [6.45, 7) is 3.86. The SMILES string of the molecule is Cc1cc(C)n(-c2ccc(Oc3ccc(NC(=O)Nc4ccc(F)cc4)cc3)nn2)n1. The number of nitrogens with one attached hydrogen (secondary N) is 2. The molecule has 4 rings (SSSR count). The highest BCUT2D eigenvalue weighted by molar-refractivity contribution is 5.99. The highest BCUT2D eigenvalue weighted by Gasteiger charge is 2.08. The van der Waals surface area contributed by atoms with Gasteiger partial charge in [-0.2, -0.15) is 5.10 Å². The van der Waals surface area contributed by atoms with E-state index in [-0.39, 0.29) is 5.82 Å². The van der Waals surface area contributed by atoms with E-state index in [0.29, 0.717) is 28.8 Å². The van der Waals surface area contributed by atoms with E-state index >= 15 is 0 Å². The lowest BCUT2D eigenvalue weighted by molar-refractivity contribution is 0.262. The highest BCUT2D eigenvalue weighted by atomic mass is 19.1. The van der Waals surface area contributed by atoms with Crippen LogP contribution in [-0.2, 0) is 0 Å². The number of carbonyl (C=O) groups is 1. The first-order chi connectivity index (χ1) is 15.0. The highest BCUT2D eigenvalue weighted by Crippen LogP contribution is 2.22. The van der Waals surface area contributed by atoms with Crippen molar-refractivity contribution in [3.05, 3.63) is 83.9 Å². The second-order valence-electron chi connectivity index (χ2n) is 6.78. The molecule has 4 aromatic rings. The first-order valence-corrected chi connectivity index (χ1v) is 9.45. The van der Waals surface area contributed by atoms with Gasteiger partial charge in [0.05, 0.1) is 5.69 Å². The number of amides is 2. The van der Waals surface area contributed by atoms with Crippen molar-refractivity contribution in [1.82, 2.24) is 20.0 Å². The predicted molar refractivity (Wildman–Crippen MR) is 114 cm³/mol. The number of halogens is 1. The zero-order chi connectivity index (χ0) is 21.8. The molecule has 0 spiro atoms. The van der Waals surface area contributed by atoms with Gasteiger partial charge in [-0.25, -0.2) is 13.9 Å². The van der Waals surface area contributed by atoms with Crippen LogP contribution in [0.5, 0.6) is 11.6 Å². The second kappa shape index (κ2) is 8.62. The Morgan fingerprint density at radius 2 is 1.55 bits per heavy atom. The van der Waals surface area contributed by atoms with E-state index in [1.165, 1.54) is 24.3 Å². The number of aryl methyl sites for hydroxylation is 2. The molecular formula is C22H19FN6O2. The maximum Gasteiger partial charge on any atom is 0.323 e. The van der Waals surface area contributed by atoms with E-state index in [4.69, 9.17) is 4.74 Å². The molecule has 0 bridgehead atoms. The number of urea groups is 1. The van der Waals surface area contributed by atoms with Gasteiger partial charge in [0.15, 0.2) is 5.82 Å². The van der Waals surface area contributed by atoms with Gasteiger partial charge in [-0.3, -0.25) is 0 Å². The van der Waals surface area contributed by atoms with Crippen LogP contribution in [0.4, 0.5) is 20.6 Å². The zero-order valence-electron chi connectivity index (χ0n) is 16.8. The predicted octanol–water partition coefficient (Wildman–Crippen LogP) is 4.85. The van der Waals surface area contributed by atoms with E-state index < -0.39 is 6.03 Å². The fourth-order valence-electron chi connectivity index (χ4n) is 2.89. The van der Waals surface area contributed by atoms with Gasteiger partial charge in [0.1, 0.15) is 11.6 Å². The molecule has 2 aromatic heterocycles. The molecule has 0 atom stereocenters. The lowest BCUT2D eigenvalue weighted by Crippen LogP contribution is -2.19. The number of ether oxygens (including phenoxy) is 1. The fourth-order valence-corrected chi connectivity index (χ4v) is 2.89. The van der Waals surface area contributed by atoms with Crippen molar-refractivity contribution in [1.29, 1.82) is 0 Å². The summed E-state index contributed by atoms with van der Waals surface area (Å²) in [4.78, 5) is 12.0. The normalized spacial score (nSPS) is 10.5. The number of benzene rings is 2. The average Bonchev–Trinajstić information content (AvgIpc) is 3.10. The van der Waals surface area contributed by atoms with E-state index in [1.54, 1.807) is 41.1 Å². The average molecular weight is 418 g/mol. The fraction of sp³-hybridized carbons (Fsp3) is 0.0909. The Morgan fingerprint density at radius 1 is 0.903 bits per heavy atom. The Balaban J connectivity index is 1.35. The number of aromatic nitrogens is 4. The molecule has 156 valence electrons. The molecule has 31 heavy (non-hydrogen) atoms. The van der Waals surface area contributed by atoms with Gasteiger partial charge in [-0.1, -0.05) is 0 Å². The van der Waals surface area contributed by atoms with Crippen molar-refractivity contribution in [3.8, 4) is 17.4 Å². The minimum atomic E-state index is -0.439. The Morgan fingerprint density at radius 3 is 2.10 bits per heavy atom. The van der Waals surface area contributed by atoms with Crippen molar-refractivity contribution in [2.24, 2.45) is 0 Å². The largest absolute Gasteiger partial charge is 0.438 e. The molecule has 0 aliphatic carbocycles. The molecule has 0 aliphatic rings. The molecule has 2 N–H and O–H groups in total. The first kappa shape index (κ1) is 20.0. The van der Waals surface area contributed by atoms with Gasteiger partial charge in [-0.05, 0) is 74.5 Å². The van der Waals surface area contributed by atoms with Crippen LogP contribution in [0.3, 0.4) is 0 Å². The van der Waals surface area contributed by atoms with Gasteiger partial charge < -0.3 is 15.4 Å². The lowest BCUT2D eigenvalue weighted by atomic mass is 10.3. The number of anilines is 2. The molecule has 0 saturated heterocycles. The summed E-state index contributed by atoms with van der Waals surface area (Å²) >= 11 is 0. The molecule has 2 heterocycles. The number of nitrogens with zero attached hydrogens (tertiary/aromatic N) is 4. The van der Waals surface area contributed by atoms with Crippen molar-refractivity contribution in [3.63, 3.8) is 0 Å². The van der Waals surface area contributed by atoms with Gasteiger partial charge in [0.25, 0.3) is 0 Å². The summed E-state index contributed by atoms with van der Waals surface area (Å²) < 4.78 is 20.3. The molecule has 0 aliphatic heterocycles. The Hall–Kier alpha value is -4.27. The zero-order valence-corrected chi connectivity index (χ0v) is 16.8. The topological polar surface area (TPSA) is 94.0 Å². The van der Waals surface area contributed by atoms with Crippen LogP contribution in [0, 0.1) is 19.7 Å². The number of carbonyl (C=O) groups excluding carboxylic acids is 1. The summed E-state index contributed by atoms with van der Waals surface area (Å²) in [6, 6.07) is 17.3. The Bertz CT molecular complexity index is 1190. The molecule has 2 amide bonds. The van der Waals surface area contributed by atoms with Crippen molar-refractivity contribution >= 4 is 17.4 Å². The molecule has 2 aromatic carbocycles. The van der Waals surface area contributed by atoms with Crippen LogP contribution < -0.4 is 15.4 Å². The van der Waals surface area contributed by atoms with Gasteiger partial charge in [0, 0.05) is 23.1 Å². The monoisotopic (exact) mass is 418 g/mol. The van der Waals surface area contributed by atoms with E-state index in [9.17, 15) is 9.18 Å². The maximum atomic E-state index is 12.9. The number of rotatable bonds is 5.